The molecule has 0 saturated carbocycles. The van der Waals surface area contributed by atoms with Crippen molar-refractivity contribution >= 4 is 26.9 Å². The van der Waals surface area contributed by atoms with E-state index in [9.17, 15) is 26.4 Å². The average molecular weight is 440 g/mol. The normalized spacial score (nSPS) is 14.6. The van der Waals surface area contributed by atoms with Crippen molar-refractivity contribution in [3.8, 4) is 5.88 Å². The van der Waals surface area contributed by atoms with Crippen molar-refractivity contribution < 1.29 is 30.6 Å². The summed E-state index contributed by atoms with van der Waals surface area (Å²) >= 11 is 0. The second kappa shape index (κ2) is 6.97. The summed E-state index contributed by atoms with van der Waals surface area (Å²) in [4.78, 5) is 18.6. The number of hydrogen-bond donors (Lipinski definition) is 0. The Kier molecular flexibility index (Phi) is 4.68. The topological polar surface area (TPSA) is 94.4 Å². The molecule has 12 heteroatoms. The highest BCUT2D eigenvalue weighted by molar-refractivity contribution is 7.87. The number of carbonyl (C=O) groups excluding carboxylic acids is 1. The molecule has 0 spiro atoms. The van der Waals surface area contributed by atoms with E-state index in [1.807, 2.05) is 6.07 Å². The van der Waals surface area contributed by atoms with Crippen LogP contribution in [0.4, 0.5) is 13.2 Å². The van der Waals surface area contributed by atoms with Gasteiger partial charge in [-0.05, 0) is 30.7 Å². The van der Waals surface area contributed by atoms with Gasteiger partial charge in [0.1, 0.15) is 0 Å². The van der Waals surface area contributed by atoms with Crippen LogP contribution in [0.1, 0.15) is 21.6 Å². The molecule has 1 amide bonds. The average Bonchev–Trinajstić information content (AvgIpc) is 3.00. The molecule has 1 aliphatic rings. The van der Waals surface area contributed by atoms with Crippen LogP contribution in [-0.2, 0) is 30.1 Å². The number of alkyl halides is 3. The van der Waals surface area contributed by atoms with Crippen LogP contribution in [0.15, 0.2) is 36.5 Å². The van der Waals surface area contributed by atoms with Crippen LogP contribution in [0.3, 0.4) is 0 Å². The largest absolute Gasteiger partial charge is 0.534 e. The summed E-state index contributed by atoms with van der Waals surface area (Å²) in [6.45, 7) is 0.188. The third-order valence-corrected chi connectivity index (χ3v) is 5.70. The zero-order chi connectivity index (χ0) is 21.7. The second-order valence-electron chi connectivity index (χ2n) is 6.72. The zero-order valence-corrected chi connectivity index (χ0v) is 16.4. The lowest BCUT2D eigenvalue weighted by Gasteiger charge is -2.26. The Bertz CT molecular complexity index is 1250. The molecule has 8 nitrogen and oxygen atoms in total. The third-order valence-electron chi connectivity index (χ3n) is 4.75. The minimum atomic E-state index is -5.82. The van der Waals surface area contributed by atoms with E-state index in [1.54, 1.807) is 30.5 Å². The molecule has 0 atom stereocenters. The first-order chi connectivity index (χ1) is 14.1. The molecule has 0 unspecified atom stereocenters. The molecule has 2 aromatic heterocycles. The molecular formula is C18H15F3N4O4S. The van der Waals surface area contributed by atoms with Gasteiger partial charge in [0.05, 0.1) is 17.8 Å². The number of hydrogen-bond acceptors (Lipinski definition) is 6. The maximum absolute atomic E-state index is 12.9. The Hall–Kier alpha value is -3.15. The quantitative estimate of drug-likeness (QED) is 0.459. The first-order valence-electron chi connectivity index (χ1n) is 8.76. The number of aromatic nitrogens is 3. The maximum Gasteiger partial charge on any atom is 0.534 e. The van der Waals surface area contributed by atoms with Crippen LogP contribution in [0.25, 0.3) is 10.9 Å². The molecule has 30 heavy (non-hydrogen) atoms. The standard InChI is InChI=1S/C18H15F3N4O4S/c1-24-17(29-30(27,28)18(19,20)21)13-6-8-25(10-15(13)23-24)16(26)12-4-5-14-11(9-12)3-2-7-22-14/h2-5,7,9H,6,8,10H2,1H3. The molecule has 1 aromatic carbocycles. The van der Waals surface area contributed by atoms with Crippen molar-refractivity contribution in [3.63, 3.8) is 0 Å². The van der Waals surface area contributed by atoms with E-state index in [1.165, 1.54) is 11.9 Å². The summed E-state index contributed by atoms with van der Waals surface area (Å²) in [5, 5.41) is 4.85. The fourth-order valence-corrected chi connectivity index (χ4v) is 3.82. The summed E-state index contributed by atoms with van der Waals surface area (Å²) in [6.07, 6.45) is 1.75. The van der Waals surface area contributed by atoms with Gasteiger partial charge in [-0.2, -0.15) is 26.7 Å². The SMILES string of the molecule is Cn1nc2c(c1OS(=O)(=O)C(F)(F)F)CCN(C(=O)c1ccc3ncccc3c1)C2. The molecule has 0 fully saturated rings. The predicted octanol–water partition coefficient (Wildman–Crippen LogP) is 2.40. The van der Waals surface area contributed by atoms with Gasteiger partial charge in [0.25, 0.3) is 5.91 Å². The van der Waals surface area contributed by atoms with Gasteiger partial charge in [0, 0.05) is 36.3 Å². The van der Waals surface area contributed by atoms with Gasteiger partial charge in [-0.1, -0.05) is 6.07 Å². The van der Waals surface area contributed by atoms with Crippen LogP contribution in [0.2, 0.25) is 0 Å². The maximum atomic E-state index is 12.9. The lowest BCUT2D eigenvalue weighted by Crippen LogP contribution is -2.36. The van der Waals surface area contributed by atoms with Crippen LogP contribution < -0.4 is 4.18 Å². The van der Waals surface area contributed by atoms with Gasteiger partial charge in [0.2, 0.25) is 5.88 Å². The lowest BCUT2D eigenvalue weighted by atomic mass is 10.1. The minimum absolute atomic E-state index is 0.0164. The van der Waals surface area contributed by atoms with E-state index in [0.717, 1.165) is 15.6 Å². The fraction of sp³-hybridized carbons (Fsp3) is 0.278. The van der Waals surface area contributed by atoms with Crippen molar-refractivity contribution in [2.75, 3.05) is 6.54 Å². The van der Waals surface area contributed by atoms with E-state index < -0.39 is 21.5 Å². The molecule has 0 bridgehead atoms. The monoisotopic (exact) mass is 440 g/mol. The summed E-state index contributed by atoms with van der Waals surface area (Å²) in [6, 6.07) is 8.68. The van der Waals surface area contributed by atoms with Gasteiger partial charge in [-0.15, -0.1) is 0 Å². The molecule has 0 N–H and O–H groups in total. The summed E-state index contributed by atoms with van der Waals surface area (Å²) in [5.74, 6) is -0.770. The molecule has 0 saturated heterocycles. The summed E-state index contributed by atoms with van der Waals surface area (Å²) < 4.78 is 65.9. The van der Waals surface area contributed by atoms with E-state index >= 15 is 0 Å². The predicted molar refractivity (Wildman–Crippen MR) is 99.0 cm³/mol. The molecule has 0 aliphatic carbocycles. The number of pyridine rings is 1. The Morgan fingerprint density at radius 1 is 1.23 bits per heavy atom. The highest BCUT2D eigenvalue weighted by atomic mass is 32.2. The Morgan fingerprint density at radius 3 is 2.73 bits per heavy atom. The van der Waals surface area contributed by atoms with Crippen molar-refractivity contribution in [3.05, 3.63) is 53.3 Å². The van der Waals surface area contributed by atoms with Crippen LogP contribution in [-0.4, -0.2) is 46.0 Å². The molecule has 158 valence electrons. The van der Waals surface area contributed by atoms with Gasteiger partial charge >= 0.3 is 15.6 Å². The summed E-state index contributed by atoms with van der Waals surface area (Å²) in [5.41, 5.74) is -3.85. The number of aryl methyl sites for hydroxylation is 1. The molecular weight excluding hydrogens is 425 g/mol. The van der Waals surface area contributed by atoms with Gasteiger partial charge in [0.15, 0.2) is 0 Å². The van der Waals surface area contributed by atoms with E-state index in [4.69, 9.17) is 0 Å². The molecule has 0 radical (unpaired) electrons. The molecule has 4 rings (SSSR count). The lowest BCUT2D eigenvalue weighted by molar-refractivity contribution is -0.0502. The fourth-order valence-electron chi connectivity index (χ4n) is 3.31. The number of benzene rings is 1. The zero-order valence-electron chi connectivity index (χ0n) is 15.5. The van der Waals surface area contributed by atoms with Crippen molar-refractivity contribution in [1.29, 1.82) is 0 Å². The minimum Gasteiger partial charge on any atom is -0.355 e. The number of fused-ring (bicyclic) bond motifs is 2. The Labute approximate surface area is 169 Å². The van der Waals surface area contributed by atoms with Crippen molar-refractivity contribution in [1.82, 2.24) is 19.7 Å². The van der Waals surface area contributed by atoms with E-state index in [0.29, 0.717) is 5.56 Å². The van der Waals surface area contributed by atoms with Crippen molar-refractivity contribution in [2.45, 2.75) is 18.5 Å². The van der Waals surface area contributed by atoms with Gasteiger partial charge < -0.3 is 9.08 Å². The smallest absolute Gasteiger partial charge is 0.355 e. The third kappa shape index (κ3) is 3.47. The number of halogens is 3. The van der Waals surface area contributed by atoms with E-state index in [2.05, 4.69) is 14.3 Å². The highest BCUT2D eigenvalue weighted by Crippen LogP contribution is 2.33. The van der Waals surface area contributed by atoms with Crippen LogP contribution in [0, 0.1) is 0 Å². The van der Waals surface area contributed by atoms with Gasteiger partial charge in [-0.3, -0.25) is 9.78 Å². The molecule has 1 aliphatic heterocycles. The number of amides is 1. The summed E-state index contributed by atoms with van der Waals surface area (Å²) in [7, 11) is -4.54. The second-order valence-corrected chi connectivity index (χ2v) is 8.26. The van der Waals surface area contributed by atoms with Crippen LogP contribution >= 0.6 is 0 Å². The first kappa shape index (κ1) is 20.1. The Balaban J connectivity index is 1.59. The van der Waals surface area contributed by atoms with Crippen LogP contribution in [0.5, 0.6) is 5.88 Å². The van der Waals surface area contributed by atoms with Gasteiger partial charge in [-0.25, -0.2) is 4.68 Å². The number of nitrogens with zero attached hydrogens (tertiary/aromatic N) is 4. The number of carbonyl (C=O) groups is 1. The van der Waals surface area contributed by atoms with E-state index in [-0.39, 0.29) is 36.7 Å². The van der Waals surface area contributed by atoms with Crippen molar-refractivity contribution in [2.24, 2.45) is 7.05 Å². The molecule has 3 heterocycles. The Morgan fingerprint density at radius 2 is 2.00 bits per heavy atom. The first-order valence-corrected chi connectivity index (χ1v) is 10.2. The molecule has 3 aromatic rings. The number of rotatable bonds is 3. The highest BCUT2D eigenvalue weighted by Gasteiger charge is 2.49.